The summed E-state index contributed by atoms with van der Waals surface area (Å²) in [5, 5.41) is 4.62. The van der Waals surface area contributed by atoms with Gasteiger partial charge in [-0.1, -0.05) is 12.1 Å². The lowest BCUT2D eigenvalue weighted by atomic mass is 10.1. The van der Waals surface area contributed by atoms with Crippen molar-refractivity contribution in [3.8, 4) is 0 Å². The molecule has 1 N–H and O–H groups in total. The average Bonchev–Trinajstić information content (AvgIpc) is 2.50. The minimum absolute atomic E-state index is 0.665. The van der Waals surface area contributed by atoms with E-state index in [2.05, 4.69) is 34.6 Å². The fourth-order valence-electron chi connectivity index (χ4n) is 2.01. The zero-order valence-electron chi connectivity index (χ0n) is 12.0. The van der Waals surface area contributed by atoms with Crippen molar-refractivity contribution in [1.29, 1.82) is 0 Å². The van der Waals surface area contributed by atoms with Crippen molar-refractivity contribution in [2.75, 3.05) is 33.5 Å². The van der Waals surface area contributed by atoms with Crippen molar-refractivity contribution in [3.63, 3.8) is 0 Å². The molecule has 0 aliphatic rings. The monoisotopic (exact) mass is 274 g/mol. The van der Waals surface area contributed by atoms with Gasteiger partial charge in [0.05, 0.1) is 18.7 Å². The number of hydrogen-bond donors (Lipinski definition) is 1. The van der Waals surface area contributed by atoms with Gasteiger partial charge in [0, 0.05) is 31.8 Å². The Bertz CT molecular complexity index is 517. The molecule has 2 aromatic rings. The van der Waals surface area contributed by atoms with E-state index in [4.69, 9.17) is 9.47 Å². The molecule has 20 heavy (non-hydrogen) atoms. The van der Waals surface area contributed by atoms with E-state index in [0.29, 0.717) is 13.2 Å². The van der Waals surface area contributed by atoms with Gasteiger partial charge in [0.15, 0.2) is 0 Å². The number of methoxy groups -OCH3 is 1. The van der Waals surface area contributed by atoms with E-state index >= 15 is 0 Å². The maximum atomic E-state index is 5.41. The molecule has 0 unspecified atom stereocenters. The second kappa shape index (κ2) is 8.64. The minimum Gasteiger partial charge on any atom is -0.382 e. The third kappa shape index (κ3) is 4.89. The molecule has 1 aromatic heterocycles. The molecular formula is C16H22N2O2. The first-order valence-corrected chi connectivity index (χ1v) is 7.01. The topological polar surface area (TPSA) is 43.4 Å². The fraction of sp³-hybridized carbons (Fsp3) is 0.438. The fourth-order valence-corrected chi connectivity index (χ4v) is 2.01. The Labute approximate surface area is 120 Å². The number of aromatic nitrogens is 1. The maximum absolute atomic E-state index is 5.41. The van der Waals surface area contributed by atoms with Crippen LogP contribution in [0.15, 0.2) is 36.5 Å². The summed E-state index contributed by atoms with van der Waals surface area (Å²) in [6.07, 6.45) is 2.84. The van der Waals surface area contributed by atoms with E-state index in [1.54, 1.807) is 7.11 Å². The van der Waals surface area contributed by atoms with Crippen molar-refractivity contribution < 1.29 is 9.47 Å². The van der Waals surface area contributed by atoms with Gasteiger partial charge in [0.2, 0.25) is 0 Å². The van der Waals surface area contributed by atoms with Crippen LogP contribution in [0.2, 0.25) is 0 Å². The number of ether oxygens (including phenoxy) is 2. The van der Waals surface area contributed by atoms with Gasteiger partial charge in [-0.25, -0.2) is 0 Å². The summed E-state index contributed by atoms with van der Waals surface area (Å²) in [5.74, 6) is 0. The summed E-state index contributed by atoms with van der Waals surface area (Å²) in [6, 6.07) is 10.4. The van der Waals surface area contributed by atoms with E-state index in [1.165, 1.54) is 10.9 Å². The molecule has 4 heteroatoms. The molecule has 0 radical (unpaired) electrons. The summed E-state index contributed by atoms with van der Waals surface area (Å²) in [5.41, 5.74) is 2.33. The number of nitrogens with one attached hydrogen (secondary N) is 1. The Hall–Kier alpha value is -1.49. The second-order valence-electron chi connectivity index (χ2n) is 4.67. The van der Waals surface area contributed by atoms with Crippen molar-refractivity contribution >= 4 is 10.9 Å². The normalized spacial score (nSPS) is 11.1. The molecule has 2 rings (SSSR count). The summed E-state index contributed by atoms with van der Waals surface area (Å²) in [4.78, 5) is 4.32. The Morgan fingerprint density at radius 3 is 3.00 bits per heavy atom. The molecule has 0 atom stereocenters. The quantitative estimate of drug-likeness (QED) is 0.713. The summed E-state index contributed by atoms with van der Waals surface area (Å²) in [7, 11) is 1.68. The van der Waals surface area contributed by atoms with E-state index in [0.717, 1.165) is 31.6 Å². The first-order valence-electron chi connectivity index (χ1n) is 7.01. The van der Waals surface area contributed by atoms with Crippen molar-refractivity contribution in [2.45, 2.75) is 13.0 Å². The average molecular weight is 274 g/mol. The van der Waals surface area contributed by atoms with Crippen LogP contribution in [-0.4, -0.2) is 38.5 Å². The molecule has 108 valence electrons. The highest BCUT2D eigenvalue weighted by molar-refractivity contribution is 5.78. The summed E-state index contributed by atoms with van der Waals surface area (Å²) >= 11 is 0. The number of nitrogens with zero attached hydrogens (tertiary/aromatic N) is 1. The molecule has 1 heterocycles. The van der Waals surface area contributed by atoms with Crippen LogP contribution in [0, 0.1) is 0 Å². The smallest absolute Gasteiger partial charge is 0.0702 e. The van der Waals surface area contributed by atoms with Gasteiger partial charge in [-0.3, -0.25) is 4.98 Å². The van der Waals surface area contributed by atoms with Crippen LogP contribution in [0.3, 0.4) is 0 Å². The molecular weight excluding hydrogens is 252 g/mol. The molecule has 4 nitrogen and oxygen atoms in total. The Morgan fingerprint density at radius 2 is 2.10 bits per heavy atom. The second-order valence-corrected chi connectivity index (χ2v) is 4.67. The van der Waals surface area contributed by atoms with Crippen LogP contribution < -0.4 is 5.32 Å². The van der Waals surface area contributed by atoms with E-state index < -0.39 is 0 Å². The van der Waals surface area contributed by atoms with Gasteiger partial charge in [-0.05, 0) is 36.7 Å². The standard InChI is InChI=1S/C16H22N2O2/c1-19-10-11-20-9-3-7-17-13-14-5-6-16-15(12-14)4-2-8-18-16/h2,4-6,8,12,17H,3,7,9-11,13H2,1H3. The molecule has 0 fully saturated rings. The zero-order valence-corrected chi connectivity index (χ0v) is 12.0. The van der Waals surface area contributed by atoms with Crippen LogP contribution >= 0.6 is 0 Å². The third-order valence-electron chi connectivity index (χ3n) is 3.07. The number of rotatable bonds is 9. The van der Waals surface area contributed by atoms with Crippen LogP contribution in [0.1, 0.15) is 12.0 Å². The highest BCUT2D eigenvalue weighted by Crippen LogP contribution is 2.12. The Balaban J connectivity index is 1.65. The number of hydrogen-bond acceptors (Lipinski definition) is 4. The predicted molar refractivity (Wildman–Crippen MR) is 80.8 cm³/mol. The van der Waals surface area contributed by atoms with Gasteiger partial charge in [-0.2, -0.15) is 0 Å². The first-order chi connectivity index (χ1) is 9.90. The largest absolute Gasteiger partial charge is 0.382 e. The molecule has 0 aliphatic carbocycles. The summed E-state index contributed by atoms with van der Waals surface area (Å²) in [6.45, 7) is 3.95. The minimum atomic E-state index is 0.665. The van der Waals surface area contributed by atoms with Crippen LogP contribution in [0.4, 0.5) is 0 Å². The van der Waals surface area contributed by atoms with E-state index in [-0.39, 0.29) is 0 Å². The van der Waals surface area contributed by atoms with Crippen LogP contribution in [0.5, 0.6) is 0 Å². The first kappa shape index (κ1) is 14.9. The number of fused-ring (bicyclic) bond motifs is 1. The predicted octanol–water partition coefficient (Wildman–Crippen LogP) is 2.38. The zero-order chi connectivity index (χ0) is 14.0. The maximum Gasteiger partial charge on any atom is 0.0702 e. The van der Waals surface area contributed by atoms with Gasteiger partial charge >= 0.3 is 0 Å². The Morgan fingerprint density at radius 1 is 1.15 bits per heavy atom. The highest BCUT2D eigenvalue weighted by Gasteiger charge is 1.97. The lowest BCUT2D eigenvalue weighted by molar-refractivity contribution is 0.0695. The molecule has 0 saturated carbocycles. The molecule has 0 spiro atoms. The number of benzene rings is 1. The third-order valence-corrected chi connectivity index (χ3v) is 3.07. The lowest BCUT2D eigenvalue weighted by Gasteiger charge is -2.07. The summed E-state index contributed by atoms with van der Waals surface area (Å²) < 4.78 is 10.3. The van der Waals surface area contributed by atoms with Gasteiger partial charge in [0.25, 0.3) is 0 Å². The number of pyridine rings is 1. The van der Waals surface area contributed by atoms with Crippen molar-refractivity contribution in [1.82, 2.24) is 10.3 Å². The molecule has 0 saturated heterocycles. The van der Waals surface area contributed by atoms with Crippen molar-refractivity contribution in [3.05, 3.63) is 42.1 Å². The van der Waals surface area contributed by atoms with Crippen LogP contribution in [0.25, 0.3) is 10.9 Å². The van der Waals surface area contributed by atoms with E-state index in [9.17, 15) is 0 Å². The SMILES string of the molecule is COCCOCCCNCc1ccc2ncccc2c1. The van der Waals surface area contributed by atoms with Gasteiger partial charge < -0.3 is 14.8 Å². The molecule has 0 bridgehead atoms. The van der Waals surface area contributed by atoms with Gasteiger partial charge in [-0.15, -0.1) is 0 Å². The Kier molecular flexibility index (Phi) is 6.44. The molecule has 0 amide bonds. The van der Waals surface area contributed by atoms with E-state index in [1.807, 2.05) is 12.3 Å². The van der Waals surface area contributed by atoms with Crippen LogP contribution in [-0.2, 0) is 16.0 Å². The van der Waals surface area contributed by atoms with Gasteiger partial charge in [0.1, 0.15) is 0 Å². The van der Waals surface area contributed by atoms with Crippen molar-refractivity contribution in [2.24, 2.45) is 0 Å². The molecule has 1 aromatic carbocycles. The highest BCUT2D eigenvalue weighted by atomic mass is 16.5. The molecule has 0 aliphatic heterocycles. The lowest BCUT2D eigenvalue weighted by Crippen LogP contribution is -2.16.